The predicted molar refractivity (Wildman–Crippen MR) is 83.8 cm³/mol. The molecule has 5 heteroatoms. The van der Waals surface area contributed by atoms with Crippen molar-refractivity contribution in [1.82, 2.24) is 9.78 Å². The first-order valence-electron chi connectivity index (χ1n) is 6.22. The lowest BCUT2D eigenvalue weighted by Gasteiger charge is -2.10. The summed E-state index contributed by atoms with van der Waals surface area (Å²) in [6, 6.07) is 3.97. The second kappa shape index (κ2) is 5.97. The lowest BCUT2D eigenvalue weighted by atomic mass is 10.2. The lowest BCUT2D eigenvalue weighted by molar-refractivity contribution is 0.746. The van der Waals surface area contributed by atoms with E-state index in [-0.39, 0.29) is 0 Å². The van der Waals surface area contributed by atoms with E-state index in [0.29, 0.717) is 0 Å². The Morgan fingerprint density at radius 1 is 1.42 bits per heavy atom. The number of hydrogen-bond donors (Lipinski definition) is 1. The van der Waals surface area contributed by atoms with Crippen molar-refractivity contribution in [3.05, 3.63) is 44.6 Å². The fourth-order valence-corrected chi connectivity index (χ4v) is 2.76. The van der Waals surface area contributed by atoms with Gasteiger partial charge in [0.05, 0.1) is 11.4 Å². The SMILES string of the molecule is CCc1nn(C)cc1CNc1cc(Cl)c(C)cc1Br. The molecular formula is C14H17BrClN3. The number of anilines is 1. The molecule has 0 saturated heterocycles. The summed E-state index contributed by atoms with van der Waals surface area (Å²) in [5.41, 5.74) is 4.41. The van der Waals surface area contributed by atoms with E-state index >= 15 is 0 Å². The number of halogens is 2. The van der Waals surface area contributed by atoms with Crippen LogP contribution in [0.15, 0.2) is 22.8 Å². The van der Waals surface area contributed by atoms with Gasteiger partial charge in [0.1, 0.15) is 0 Å². The third-order valence-electron chi connectivity index (χ3n) is 3.04. The fourth-order valence-electron chi connectivity index (χ4n) is 2.00. The van der Waals surface area contributed by atoms with Crippen LogP contribution in [0.3, 0.4) is 0 Å². The Bertz CT molecular complexity index is 593. The van der Waals surface area contributed by atoms with Crippen molar-refractivity contribution < 1.29 is 0 Å². The molecular weight excluding hydrogens is 326 g/mol. The highest BCUT2D eigenvalue weighted by Gasteiger charge is 2.08. The highest BCUT2D eigenvalue weighted by molar-refractivity contribution is 9.10. The van der Waals surface area contributed by atoms with Crippen LogP contribution in [-0.4, -0.2) is 9.78 Å². The molecule has 0 aliphatic carbocycles. The zero-order valence-corrected chi connectivity index (χ0v) is 13.6. The van der Waals surface area contributed by atoms with Gasteiger partial charge in [0.2, 0.25) is 0 Å². The maximum absolute atomic E-state index is 6.15. The number of aryl methyl sites for hydroxylation is 3. The molecule has 0 atom stereocenters. The number of benzene rings is 1. The molecule has 0 amide bonds. The van der Waals surface area contributed by atoms with Crippen LogP contribution in [0.2, 0.25) is 5.02 Å². The zero-order valence-electron chi connectivity index (χ0n) is 11.3. The maximum Gasteiger partial charge on any atom is 0.0671 e. The van der Waals surface area contributed by atoms with Gasteiger partial charge in [-0.25, -0.2) is 0 Å². The zero-order chi connectivity index (χ0) is 14.0. The van der Waals surface area contributed by atoms with Crippen LogP contribution in [0.4, 0.5) is 5.69 Å². The molecule has 3 nitrogen and oxygen atoms in total. The average molecular weight is 343 g/mol. The first-order chi connectivity index (χ1) is 9.01. The summed E-state index contributed by atoms with van der Waals surface area (Å²) in [6.07, 6.45) is 2.99. The maximum atomic E-state index is 6.15. The van der Waals surface area contributed by atoms with Crippen molar-refractivity contribution in [2.75, 3.05) is 5.32 Å². The first kappa shape index (κ1) is 14.4. The van der Waals surface area contributed by atoms with E-state index in [4.69, 9.17) is 11.6 Å². The van der Waals surface area contributed by atoms with Crippen LogP contribution in [0.25, 0.3) is 0 Å². The fraction of sp³-hybridized carbons (Fsp3) is 0.357. The molecule has 2 rings (SSSR count). The molecule has 2 aromatic rings. The molecule has 0 fully saturated rings. The summed E-state index contributed by atoms with van der Waals surface area (Å²) in [4.78, 5) is 0. The molecule has 1 aromatic carbocycles. The molecule has 0 aliphatic heterocycles. The highest BCUT2D eigenvalue weighted by Crippen LogP contribution is 2.29. The van der Waals surface area contributed by atoms with Crippen LogP contribution in [0.5, 0.6) is 0 Å². The van der Waals surface area contributed by atoms with Crippen LogP contribution in [-0.2, 0) is 20.0 Å². The minimum Gasteiger partial charge on any atom is -0.380 e. The van der Waals surface area contributed by atoms with Crippen molar-refractivity contribution in [3.8, 4) is 0 Å². The van der Waals surface area contributed by atoms with Crippen LogP contribution in [0, 0.1) is 6.92 Å². The van der Waals surface area contributed by atoms with Gasteiger partial charge in [0, 0.05) is 34.8 Å². The van der Waals surface area contributed by atoms with Crippen molar-refractivity contribution in [1.29, 1.82) is 0 Å². The monoisotopic (exact) mass is 341 g/mol. The van der Waals surface area contributed by atoms with Crippen LogP contribution >= 0.6 is 27.5 Å². The molecule has 0 aliphatic rings. The van der Waals surface area contributed by atoms with Gasteiger partial charge in [-0.2, -0.15) is 5.10 Å². The smallest absolute Gasteiger partial charge is 0.0671 e. The van der Waals surface area contributed by atoms with Crippen molar-refractivity contribution >= 4 is 33.2 Å². The van der Waals surface area contributed by atoms with Gasteiger partial charge in [-0.05, 0) is 47.0 Å². The van der Waals surface area contributed by atoms with Gasteiger partial charge >= 0.3 is 0 Å². The first-order valence-corrected chi connectivity index (χ1v) is 7.39. The van der Waals surface area contributed by atoms with E-state index in [1.807, 2.05) is 30.8 Å². The Morgan fingerprint density at radius 3 is 2.84 bits per heavy atom. The summed E-state index contributed by atoms with van der Waals surface area (Å²) in [7, 11) is 1.95. The van der Waals surface area contributed by atoms with Crippen molar-refractivity contribution in [2.45, 2.75) is 26.8 Å². The van der Waals surface area contributed by atoms with Gasteiger partial charge < -0.3 is 5.32 Å². The molecule has 1 N–H and O–H groups in total. The summed E-state index contributed by atoms with van der Waals surface area (Å²) >= 11 is 9.71. The molecule has 19 heavy (non-hydrogen) atoms. The molecule has 1 heterocycles. The Kier molecular flexibility index (Phi) is 4.53. The van der Waals surface area contributed by atoms with Gasteiger partial charge in [-0.3, -0.25) is 4.68 Å². The third-order valence-corrected chi connectivity index (χ3v) is 4.11. The van der Waals surface area contributed by atoms with Gasteiger partial charge in [-0.15, -0.1) is 0 Å². The van der Waals surface area contributed by atoms with Crippen LogP contribution < -0.4 is 5.32 Å². The van der Waals surface area contributed by atoms with E-state index in [2.05, 4.69) is 39.5 Å². The average Bonchev–Trinajstić information content (AvgIpc) is 2.72. The standard InChI is InChI=1S/C14H17BrClN3/c1-4-13-10(8-19(3)18-13)7-17-14-6-12(16)9(2)5-11(14)15/h5-6,8,17H,4,7H2,1-3H3. The van der Waals surface area contributed by atoms with E-state index in [1.165, 1.54) is 5.56 Å². The van der Waals surface area contributed by atoms with Crippen molar-refractivity contribution in [2.24, 2.45) is 7.05 Å². The Balaban J connectivity index is 2.16. The summed E-state index contributed by atoms with van der Waals surface area (Å²) in [5, 5.41) is 8.61. The van der Waals surface area contributed by atoms with E-state index in [0.717, 1.165) is 39.4 Å². The van der Waals surface area contributed by atoms with Gasteiger partial charge in [-0.1, -0.05) is 18.5 Å². The summed E-state index contributed by atoms with van der Waals surface area (Å²) in [6.45, 7) is 4.85. The van der Waals surface area contributed by atoms with Gasteiger partial charge in [0.15, 0.2) is 0 Å². The normalized spacial score (nSPS) is 10.8. The van der Waals surface area contributed by atoms with E-state index in [9.17, 15) is 0 Å². The summed E-state index contributed by atoms with van der Waals surface area (Å²) < 4.78 is 2.88. The molecule has 102 valence electrons. The highest BCUT2D eigenvalue weighted by atomic mass is 79.9. The summed E-state index contributed by atoms with van der Waals surface area (Å²) in [5.74, 6) is 0. The number of rotatable bonds is 4. The Labute approximate surface area is 127 Å². The van der Waals surface area contributed by atoms with Crippen molar-refractivity contribution in [3.63, 3.8) is 0 Å². The van der Waals surface area contributed by atoms with E-state index < -0.39 is 0 Å². The second-order valence-corrected chi connectivity index (χ2v) is 5.82. The number of aromatic nitrogens is 2. The third kappa shape index (κ3) is 3.31. The topological polar surface area (TPSA) is 29.9 Å². The molecule has 0 radical (unpaired) electrons. The number of nitrogens with one attached hydrogen (secondary N) is 1. The Hall–Kier alpha value is -1.000. The second-order valence-electron chi connectivity index (χ2n) is 4.56. The molecule has 0 spiro atoms. The van der Waals surface area contributed by atoms with Gasteiger partial charge in [0.25, 0.3) is 0 Å². The minimum atomic E-state index is 0.745. The van der Waals surface area contributed by atoms with Crippen LogP contribution in [0.1, 0.15) is 23.7 Å². The quantitative estimate of drug-likeness (QED) is 0.897. The Morgan fingerprint density at radius 2 is 2.16 bits per heavy atom. The molecule has 0 bridgehead atoms. The largest absolute Gasteiger partial charge is 0.380 e. The molecule has 1 aromatic heterocycles. The lowest BCUT2D eigenvalue weighted by Crippen LogP contribution is -2.02. The minimum absolute atomic E-state index is 0.745. The van der Waals surface area contributed by atoms with E-state index in [1.54, 1.807) is 0 Å². The number of nitrogens with zero attached hydrogens (tertiary/aromatic N) is 2. The molecule has 0 saturated carbocycles. The number of hydrogen-bond acceptors (Lipinski definition) is 2. The predicted octanol–water partition coefficient (Wildman–Crippen LogP) is 4.32. The molecule has 0 unspecified atom stereocenters.